The molecule has 5 rings (SSSR count). The fourth-order valence-corrected chi connectivity index (χ4v) is 6.21. The van der Waals surface area contributed by atoms with E-state index in [0.29, 0.717) is 50.4 Å². The number of nitrogens with zero attached hydrogens (tertiary/aromatic N) is 2. The lowest BCUT2D eigenvalue weighted by atomic mass is 10.1. The molecule has 4 aromatic carbocycles. The first-order valence-electron chi connectivity index (χ1n) is 21.6. The fourth-order valence-electron chi connectivity index (χ4n) is 6.21. The monoisotopic (exact) mass is 950 g/mol. The van der Waals surface area contributed by atoms with Gasteiger partial charge in [0.1, 0.15) is 40.1 Å². The number of unbranched alkanes of at least 4 members (excludes halogenated alkanes) is 2. The molecule has 1 aliphatic rings. The van der Waals surface area contributed by atoms with E-state index in [1.54, 1.807) is 24.3 Å². The van der Waals surface area contributed by atoms with E-state index in [4.69, 9.17) is 42.6 Å². The number of benzene rings is 4. The standard InChI is InChI=1S/C50H50N2O17/c1-5-44(54)64-29-9-7-27-62-36-15-11-34(12-16-36)46(56)68-42-21-19-38(31-40(42)33(3)53)66-49(59)51-23-25-52(26-24-51)50(60)67-39-20-22-43(41(32-39)48(58)61-4)69-47(57)35-13-17-37(18-14-35)63-28-8-10-30-65-45(55)6-2/h5-6,11-22,31-32H,1-2,7-10,23-30H2,3-4H3. The third-order valence-electron chi connectivity index (χ3n) is 9.92. The minimum absolute atomic E-state index is 0.00553. The van der Waals surface area contributed by atoms with Gasteiger partial charge < -0.3 is 52.4 Å². The Kier molecular flexibility index (Phi) is 19.4. The topological polar surface area (TPSA) is 226 Å². The summed E-state index contributed by atoms with van der Waals surface area (Å²) < 4.78 is 48.1. The van der Waals surface area contributed by atoms with Crippen LogP contribution in [0.1, 0.15) is 74.0 Å². The predicted molar refractivity (Wildman–Crippen MR) is 244 cm³/mol. The number of piperazine rings is 1. The van der Waals surface area contributed by atoms with E-state index in [0.717, 1.165) is 19.3 Å². The summed E-state index contributed by atoms with van der Waals surface area (Å²) in [7, 11) is 1.14. The van der Waals surface area contributed by atoms with Gasteiger partial charge >= 0.3 is 42.0 Å². The summed E-state index contributed by atoms with van der Waals surface area (Å²) in [6, 6.07) is 20.1. The van der Waals surface area contributed by atoms with Crippen molar-refractivity contribution in [3.05, 3.63) is 132 Å². The number of hydrogen-bond donors (Lipinski definition) is 0. The Morgan fingerprint density at radius 1 is 0.493 bits per heavy atom. The number of esters is 5. The number of Topliss-reactive ketones (excluding diaryl/α,β-unsaturated/α-hetero) is 1. The number of ether oxygens (including phenoxy) is 9. The van der Waals surface area contributed by atoms with Gasteiger partial charge in [-0.2, -0.15) is 0 Å². The molecule has 0 atom stereocenters. The molecule has 362 valence electrons. The fraction of sp³-hybridized carbons (Fsp3) is 0.280. The van der Waals surface area contributed by atoms with Crippen LogP contribution < -0.4 is 28.4 Å². The molecular weight excluding hydrogens is 901 g/mol. The molecule has 1 aliphatic heterocycles. The smallest absolute Gasteiger partial charge is 0.415 e. The van der Waals surface area contributed by atoms with E-state index < -0.39 is 47.8 Å². The molecule has 0 aliphatic carbocycles. The zero-order chi connectivity index (χ0) is 49.7. The van der Waals surface area contributed by atoms with Crippen LogP contribution in [0.2, 0.25) is 0 Å². The number of carbonyl (C=O) groups is 8. The maximum atomic E-state index is 13.2. The number of ketones is 1. The van der Waals surface area contributed by atoms with Gasteiger partial charge in [0.2, 0.25) is 0 Å². The Labute approximate surface area is 397 Å². The predicted octanol–water partition coefficient (Wildman–Crippen LogP) is 7.21. The van der Waals surface area contributed by atoms with Crippen molar-refractivity contribution >= 4 is 47.8 Å². The van der Waals surface area contributed by atoms with E-state index in [1.807, 2.05) is 0 Å². The van der Waals surface area contributed by atoms with Gasteiger partial charge in [-0.1, -0.05) is 13.2 Å². The number of carbonyl (C=O) groups excluding carboxylic acids is 8. The lowest BCUT2D eigenvalue weighted by Crippen LogP contribution is -2.52. The normalized spacial score (nSPS) is 11.8. The van der Waals surface area contributed by atoms with Crippen LogP contribution in [0.5, 0.6) is 34.5 Å². The molecular formula is C50H50N2O17. The number of hydrogen-bond acceptors (Lipinski definition) is 17. The molecule has 0 aromatic heterocycles. The van der Waals surface area contributed by atoms with Crippen molar-refractivity contribution in [3.8, 4) is 34.5 Å². The maximum Gasteiger partial charge on any atom is 0.415 e. The highest BCUT2D eigenvalue weighted by molar-refractivity contribution is 6.00. The third-order valence-corrected chi connectivity index (χ3v) is 9.92. The van der Waals surface area contributed by atoms with Crippen molar-refractivity contribution in [2.45, 2.75) is 32.6 Å². The Balaban J connectivity index is 1.08. The summed E-state index contributed by atoms with van der Waals surface area (Å²) in [4.78, 5) is 102. The lowest BCUT2D eigenvalue weighted by Gasteiger charge is -2.33. The molecule has 69 heavy (non-hydrogen) atoms. The minimum atomic E-state index is -0.860. The molecule has 19 heteroatoms. The van der Waals surface area contributed by atoms with Crippen LogP contribution >= 0.6 is 0 Å². The minimum Gasteiger partial charge on any atom is -0.494 e. The average Bonchev–Trinajstić information content (AvgIpc) is 3.36. The number of methoxy groups -OCH3 is 1. The average molecular weight is 951 g/mol. The van der Waals surface area contributed by atoms with Crippen LogP contribution in [0.4, 0.5) is 9.59 Å². The molecule has 0 spiro atoms. The van der Waals surface area contributed by atoms with Crippen LogP contribution in [-0.2, 0) is 23.8 Å². The SMILES string of the molecule is C=CC(=O)OCCCCOc1ccc(C(=O)Oc2ccc(OC(=O)N3CCN(C(=O)Oc4ccc(OC(=O)c5ccc(OCCCCOC(=O)C=C)cc5)c(C(=O)OC)c4)CC3)cc2C(C)=O)cc1. The Hall–Kier alpha value is -8.48. The van der Waals surface area contributed by atoms with Crippen LogP contribution in [0.25, 0.3) is 0 Å². The molecule has 1 saturated heterocycles. The van der Waals surface area contributed by atoms with Gasteiger partial charge in [0, 0.05) is 38.3 Å². The van der Waals surface area contributed by atoms with Crippen LogP contribution in [0.3, 0.4) is 0 Å². The summed E-state index contributed by atoms with van der Waals surface area (Å²) in [5.74, 6) is -3.03. The van der Waals surface area contributed by atoms with Crippen LogP contribution in [0, 0.1) is 0 Å². The van der Waals surface area contributed by atoms with Crippen molar-refractivity contribution in [2.75, 3.05) is 59.7 Å². The van der Waals surface area contributed by atoms with Crippen LogP contribution in [-0.4, -0.2) is 117 Å². The van der Waals surface area contributed by atoms with E-state index in [2.05, 4.69) is 13.2 Å². The second-order valence-electron chi connectivity index (χ2n) is 14.8. The molecule has 1 fully saturated rings. The van der Waals surface area contributed by atoms with Crippen molar-refractivity contribution in [2.24, 2.45) is 0 Å². The largest absolute Gasteiger partial charge is 0.494 e. The first-order chi connectivity index (χ1) is 33.3. The zero-order valence-corrected chi connectivity index (χ0v) is 38.0. The molecule has 1 heterocycles. The molecule has 0 saturated carbocycles. The van der Waals surface area contributed by atoms with Gasteiger partial charge in [0.05, 0.1) is 50.2 Å². The molecule has 0 radical (unpaired) electrons. The highest BCUT2D eigenvalue weighted by Gasteiger charge is 2.28. The summed E-state index contributed by atoms with van der Waals surface area (Å²) in [6.45, 7) is 9.38. The summed E-state index contributed by atoms with van der Waals surface area (Å²) >= 11 is 0. The number of rotatable bonds is 22. The van der Waals surface area contributed by atoms with E-state index in [9.17, 15) is 38.4 Å². The molecule has 0 unspecified atom stereocenters. The van der Waals surface area contributed by atoms with Crippen LogP contribution in [0.15, 0.2) is 110 Å². The molecule has 4 aromatic rings. The van der Waals surface area contributed by atoms with E-state index in [1.165, 1.54) is 77.4 Å². The second-order valence-corrected chi connectivity index (χ2v) is 14.8. The maximum absolute atomic E-state index is 13.2. The van der Waals surface area contributed by atoms with Gasteiger partial charge in [-0.15, -0.1) is 0 Å². The first kappa shape index (κ1) is 51.5. The van der Waals surface area contributed by atoms with Crippen molar-refractivity contribution in [1.82, 2.24) is 9.80 Å². The molecule has 0 bridgehead atoms. The highest BCUT2D eigenvalue weighted by atomic mass is 16.6. The van der Waals surface area contributed by atoms with Crippen molar-refractivity contribution in [3.63, 3.8) is 0 Å². The Morgan fingerprint density at radius 2 is 0.870 bits per heavy atom. The summed E-state index contributed by atoms with van der Waals surface area (Å²) in [6.07, 6.45) is 3.10. The first-order valence-corrected chi connectivity index (χ1v) is 21.6. The van der Waals surface area contributed by atoms with Gasteiger partial charge in [-0.3, -0.25) is 4.79 Å². The van der Waals surface area contributed by atoms with Gasteiger partial charge in [0.25, 0.3) is 0 Å². The van der Waals surface area contributed by atoms with Crippen molar-refractivity contribution in [1.29, 1.82) is 0 Å². The quantitative estimate of drug-likeness (QED) is 0.0189. The van der Waals surface area contributed by atoms with Gasteiger partial charge in [-0.05, 0) is 118 Å². The molecule has 19 nitrogen and oxygen atoms in total. The zero-order valence-electron chi connectivity index (χ0n) is 38.0. The third kappa shape index (κ3) is 15.8. The van der Waals surface area contributed by atoms with E-state index >= 15 is 0 Å². The molecule has 0 N–H and O–H groups in total. The summed E-state index contributed by atoms with van der Waals surface area (Å²) in [5.41, 5.74) is 0.160. The van der Waals surface area contributed by atoms with Gasteiger partial charge in [0.15, 0.2) is 5.78 Å². The van der Waals surface area contributed by atoms with Gasteiger partial charge in [-0.25, -0.2) is 33.6 Å². The molecule has 2 amide bonds. The van der Waals surface area contributed by atoms with E-state index in [-0.39, 0.29) is 84.6 Å². The van der Waals surface area contributed by atoms with Crippen molar-refractivity contribution < 1.29 is 81.0 Å². The second kappa shape index (κ2) is 26.0. The highest BCUT2D eigenvalue weighted by Crippen LogP contribution is 2.29. The summed E-state index contributed by atoms with van der Waals surface area (Å²) in [5, 5.41) is 0. The Bertz CT molecular complexity index is 2510. The number of amides is 2. The Morgan fingerprint density at radius 3 is 1.26 bits per heavy atom. The lowest BCUT2D eigenvalue weighted by molar-refractivity contribution is -0.138.